The van der Waals surface area contributed by atoms with Crippen LogP contribution in [-0.2, 0) is 0 Å². The lowest BCUT2D eigenvalue weighted by Gasteiger charge is -2.01. The number of benzene rings is 1. The molecule has 0 amide bonds. The van der Waals surface area contributed by atoms with E-state index in [1.54, 1.807) is 29.2 Å². The van der Waals surface area contributed by atoms with E-state index in [-0.39, 0.29) is 5.78 Å². The van der Waals surface area contributed by atoms with Crippen molar-refractivity contribution in [1.82, 2.24) is 15.1 Å². The van der Waals surface area contributed by atoms with Gasteiger partial charge >= 0.3 is 0 Å². The van der Waals surface area contributed by atoms with E-state index in [2.05, 4.69) is 10.4 Å². The summed E-state index contributed by atoms with van der Waals surface area (Å²) in [4.78, 5) is 12.0. The summed E-state index contributed by atoms with van der Waals surface area (Å²) in [6.45, 7) is 1.32. The molecule has 4 nitrogen and oxygen atoms in total. The molecule has 0 radical (unpaired) electrons. The Morgan fingerprint density at radius 1 is 1.35 bits per heavy atom. The number of hydrogen-bond acceptors (Lipinski definition) is 3. The van der Waals surface area contributed by atoms with Crippen LogP contribution in [0.2, 0.25) is 5.02 Å². The molecule has 1 heterocycles. The molecule has 1 fully saturated rings. The van der Waals surface area contributed by atoms with Crippen molar-refractivity contribution in [2.45, 2.75) is 12.8 Å². The third-order valence-electron chi connectivity index (χ3n) is 3.41. The van der Waals surface area contributed by atoms with Crippen molar-refractivity contribution in [2.24, 2.45) is 5.92 Å². The second-order valence-electron chi connectivity index (χ2n) is 5.15. The Hall–Kier alpha value is -1.65. The molecule has 1 saturated carbocycles. The first-order valence-corrected chi connectivity index (χ1v) is 7.15. The van der Waals surface area contributed by atoms with Crippen molar-refractivity contribution < 1.29 is 4.79 Å². The average Bonchev–Trinajstić information content (AvgIpc) is 3.14. The topological polar surface area (TPSA) is 46.9 Å². The van der Waals surface area contributed by atoms with Crippen LogP contribution in [0.25, 0.3) is 5.69 Å². The fourth-order valence-electron chi connectivity index (χ4n) is 2.02. The van der Waals surface area contributed by atoms with Crippen molar-refractivity contribution in [1.29, 1.82) is 0 Å². The van der Waals surface area contributed by atoms with Gasteiger partial charge in [-0.15, -0.1) is 0 Å². The maximum atomic E-state index is 12.0. The zero-order valence-electron chi connectivity index (χ0n) is 11.1. The standard InChI is InChI=1S/C15H16ClN3O/c16-13-3-5-14(6-4-13)19-10-12(8-18-19)15(20)9-17-7-11-1-2-11/h3-6,8,10-11,17H,1-2,7,9H2. The second-order valence-corrected chi connectivity index (χ2v) is 5.58. The van der Waals surface area contributed by atoms with Crippen molar-refractivity contribution in [3.63, 3.8) is 0 Å². The predicted molar refractivity (Wildman–Crippen MR) is 78.5 cm³/mol. The van der Waals surface area contributed by atoms with Crippen molar-refractivity contribution in [3.8, 4) is 5.69 Å². The molecule has 104 valence electrons. The predicted octanol–water partition coefficient (Wildman–Crippen LogP) is 2.71. The molecule has 0 spiro atoms. The molecule has 5 heteroatoms. The van der Waals surface area contributed by atoms with E-state index in [4.69, 9.17) is 11.6 Å². The number of carbonyl (C=O) groups excluding carboxylic acids is 1. The van der Waals surface area contributed by atoms with Gasteiger partial charge in [0.15, 0.2) is 5.78 Å². The first-order valence-electron chi connectivity index (χ1n) is 6.77. The van der Waals surface area contributed by atoms with Gasteiger partial charge in [-0.1, -0.05) is 11.6 Å². The fourth-order valence-corrected chi connectivity index (χ4v) is 2.14. The number of nitrogens with one attached hydrogen (secondary N) is 1. The first-order chi connectivity index (χ1) is 9.72. The van der Waals surface area contributed by atoms with Gasteiger partial charge in [0.25, 0.3) is 0 Å². The Labute approximate surface area is 122 Å². The van der Waals surface area contributed by atoms with Crippen LogP contribution in [0.4, 0.5) is 0 Å². The Bertz CT molecular complexity index is 602. The van der Waals surface area contributed by atoms with E-state index >= 15 is 0 Å². The average molecular weight is 290 g/mol. The van der Waals surface area contributed by atoms with Gasteiger partial charge in [-0.05, 0) is 49.6 Å². The van der Waals surface area contributed by atoms with Crippen molar-refractivity contribution in [2.75, 3.05) is 13.1 Å². The third kappa shape index (κ3) is 3.26. The van der Waals surface area contributed by atoms with Gasteiger partial charge in [-0.25, -0.2) is 4.68 Å². The minimum atomic E-state index is 0.0749. The summed E-state index contributed by atoms with van der Waals surface area (Å²) in [5.74, 6) is 0.852. The largest absolute Gasteiger partial charge is 0.309 e. The highest BCUT2D eigenvalue weighted by atomic mass is 35.5. The van der Waals surface area contributed by atoms with Crippen LogP contribution in [0.5, 0.6) is 0 Å². The van der Waals surface area contributed by atoms with Crippen molar-refractivity contribution in [3.05, 3.63) is 47.2 Å². The van der Waals surface area contributed by atoms with Crippen LogP contribution in [0.15, 0.2) is 36.7 Å². The monoisotopic (exact) mass is 289 g/mol. The molecule has 0 aliphatic heterocycles. The van der Waals surface area contributed by atoms with Gasteiger partial charge in [-0.3, -0.25) is 4.79 Å². The highest BCUT2D eigenvalue weighted by Gasteiger charge is 2.20. The quantitative estimate of drug-likeness (QED) is 0.832. The highest BCUT2D eigenvalue weighted by molar-refractivity contribution is 6.30. The highest BCUT2D eigenvalue weighted by Crippen LogP contribution is 2.27. The van der Waals surface area contributed by atoms with Gasteiger partial charge in [0.05, 0.1) is 24.0 Å². The molecule has 2 aromatic rings. The Balaban J connectivity index is 1.63. The van der Waals surface area contributed by atoms with Crippen molar-refractivity contribution >= 4 is 17.4 Å². The number of hydrogen-bond donors (Lipinski definition) is 1. The molecule has 1 N–H and O–H groups in total. The maximum absolute atomic E-state index is 12.0. The van der Waals surface area contributed by atoms with Crippen LogP contribution < -0.4 is 5.32 Å². The molecule has 0 atom stereocenters. The summed E-state index contributed by atoms with van der Waals surface area (Å²) >= 11 is 5.85. The van der Waals surface area contributed by atoms with E-state index in [0.717, 1.165) is 18.2 Å². The summed E-state index contributed by atoms with van der Waals surface area (Å²) in [7, 11) is 0. The molecule has 0 unspecified atom stereocenters. The summed E-state index contributed by atoms with van der Waals surface area (Å²) in [5.41, 5.74) is 1.52. The lowest BCUT2D eigenvalue weighted by molar-refractivity contribution is 0.0991. The smallest absolute Gasteiger partial charge is 0.179 e. The minimum absolute atomic E-state index is 0.0749. The van der Waals surface area contributed by atoms with E-state index in [1.807, 2.05) is 12.1 Å². The zero-order valence-corrected chi connectivity index (χ0v) is 11.8. The number of ketones is 1. The van der Waals surface area contributed by atoms with Crippen LogP contribution in [0.3, 0.4) is 0 Å². The third-order valence-corrected chi connectivity index (χ3v) is 3.66. The van der Waals surface area contributed by atoms with Crippen LogP contribution in [0.1, 0.15) is 23.2 Å². The molecule has 1 aliphatic carbocycles. The lowest BCUT2D eigenvalue weighted by atomic mass is 10.2. The SMILES string of the molecule is O=C(CNCC1CC1)c1cnn(-c2ccc(Cl)cc2)c1. The number of aromatic nitrogens is 2. The second kappa shape index (κ2) is 5.77. The summed E-state index contributed by atoms with van der Waals surface area (Å²) in [6.07, 6.45) is 5.94. The number of nitrogens with zero attached hydrogens (tertiary/aromatic N) is 2. The van der Waals surface area contributed by atoms with E-state index < -0.39 is 0 Å². The molecular formula is C15H16ClN3O. The van der Waals surface area contributed by atoms with Crippen LogP contribution in [0, 0.1) is 5.92 Å². The number of carbonyl (C=O) groups is 1. The summed E-state index contributed by atoms with van der Waals surface area (Å²) in [5, 5.41) is 8.10. The first kappa shape index (κ1) is 13.3. The van der Waals surface area contributed by atoms with Gasteiger partial charge in [0.1, 0.15) is 0 Å². The summed E-state index contributed by atoms with van der Waals surface area (Å²) in [6, 6.07) is 7.35. The molecule has 3 rings (SSSR count). The minimum Gasteiger partial charge on any atom is -0.309 e. The van der Waals surface area contributed by atoms with Crippen LogP contribution in [-0.4, -0.2) is 28.7 Å². The van der Waals surface area contributed by atoms with E-state index in [9.17, 15) is 4.79 Å². The van der Waals surface area contributed by atoms with Gasteiger partial charge < -0.3 is 5.32 Å². The van der Waals surface area contributed by atoms with Gasteiger partial charge in [-0.2, -0.15) is 5.10 Å². The molecule has 0 bridgehead atoms. The molecule has 0 saturated heterocycles. The Kier molecular flexibility index (Phi) is 3.85. The zero-order chi connectivity index (χ0) is 13.9. The number of halogens is 1. The summed E-state index contributed by atoms with van der Waals surface area (Å²) < 4.78 is 1.68. The van der Waals surface area contributed by atoms with E-state index in [0.29, 0.717) is 17.1 Å². The van der Waals surface area contributed by atoms with E-state index in [1.165, 1.54) is 12.8 Å². The molecule has 20 heavy (non-hydrogen) atoms. The molecule has 1 aromatic carbocycles. The normalized spacial score (nSPS) is 14.4. The molecular weight excluding hydrogens is 274 g/mol. The Morgan fingerprint density at radius 2 is 2.10 bits per heavy atom. The van der Waals surface area contributed by atoms with Gasteiger partial charge in [0.2, 0.25) is 0 Å². The molecule has 1 aromatic heterocycles. The Morgan fingerprint density at radius 3 is 2.80 bits per heavy atom. The fraction of sp³-hybridized carbons (Fsp3) is 0.333. The number of Topliss-reactive ketones (excluding diaryl/α,β-unsaturated/α-hetero) is 1. The van der Waals surface area contributed by atoms with Gasteiger partial charge in [0, 0.05) is 11.2 Å². The molecule has 1 aliphatic rings. The van der Waals surface area contributed by atoms with Crippen LogP contribution >= 0.6 is 11.6 Å². The lowest BCUT2D eigenvalue weighted by Crippen LogP contribution is -2.24. The number of rotatable bonds is 6. The maximum Gasteiger partial charge on any atom is 0.179 e.